The molecule has 2 N–H and O–H groups in total. The summed E-state index contributed by atoms with van der Waals surface area (Å²) >= 11 is 0. The number of carbonyl (C=O) groups is 2. The van der Waals surface area contributed by atoms with Crippen LogP contribution >= 0.6 is 0 Å². The fraction of sp³-hybridized carbons (Fsp3) is 0.200. The lowest BCUT2D eigenvalue weighted by atomic mass is 10.1. The van der Waals surface area contributed by atoms with Crippen molar-refractivity contribution in [1.29, 1.82) is 0 Å². The van der Waals surface area contributed by atoms with Gasteiger partial charge in [0.15, 0.2) is 0 Å². The minimum absolute atomic E-state index is 0.539. The Kier molecular flexibility index (Phi) is 2.86. The van der Waals surface area contributed by atoms with Crippen LogP contribution in [-0.2, 0) is 9.59 Å². The van der Waals surface area contributed by atoms with Gasteiger partial charge in [0.05, 0.1) is 0 Å². The van der Waals surface area contributed by atoms with E-state index in [0.29, 0.717) is 5.69 Å². The van der Waals surface area contributed by atoms with Crippen molar-refractivity contribution in [3.63, 3.8) is 0 Å². The van der Waals surface area contributed by atoms with Gasteiger partial charge >= 0.3 is 11.9 Å². The Morgan fingerprint density at radius 3 is 2.50 bits per heavy atom. The van der Waals surface area contributed by atoms with Gasteiger partial charge in [0.1, 0.15) is 0 Å². The highest BCUT2D eigenvalue weighted by atomic mass is 16.4. The highest BCUT2D eigenvalue weighted by Crippen LogP contribution is 2.15. The Hall–Kier alpha value is -1.84. The number of rotatable bonds is 1. The zero-order chi connectivity index (χ0) is 10.7. The van der Waals surface area contributed by atoms with Gasteiger partial charge in [-0.3, -0.25) is 4.79 Å². The third-order valence-electron chi connectivity index (χ3n) is 1.84. The maximum atomic E-state index is 10.9. The van der Waals surface area contributed by atoms with E-state index in [9.17, 15) is 9.59 Å². The summed E-state index contributed by atoms with van der Waals surface area (Å²) in [6.07, 6.45) is 0. The van der Waals surface area contributed by atoms with Gasteiger partial charge in [-0.1, -0.05) is 12.1 Å². The third kappa shape index (κ3) is 2.32. The van der Waals surface area contributed by atoms with E-state index in [-0.39, 0.29) is 0 Å². The van der Waals surface area contributed by atoms with Crippen LogP contribution in [-0.4, -0.2) is 17.0 Å². The van der Waals surface area contributed by atoms with E-state index in [4.69, 9.17) is 5.11 Å². The molecule has 0 aliphatic heterocycles. The van der Waals surface area contributed by atoms with Crippen LogP contribution in [0.15, 0.2) is 18.2 Å². The van der Waals surface area contributed by atoms with Crippen molar-refractivity contribution in [3.8, 4) is 0 Å². The highest BCUT2D eigenvalue weighted by Gasteiger charge is 2.11. The van der Waals surface area contributed by atoms with Crippen LogP contribution in [0.5, 0.6) is 0 Å². The zero-order valence-corrected chi connectivity index (χ0v) is 8.00. The molecule has 0 saturated carbocycles. The normalized spacial score (nSPS) is 9.57. The maximum Gasteiger partial charge on any atom is 0.394 e. The molecule has 1 aromatic rings. The summed E-state index contributed by atoms with van der Waals surface area (Å²) in [6.45, 7) is 3.67. The van der Waals surface area contributed by atoms with Gasteiger partial charge in [-0.15, -0.1) is 0 Å². The van der Waals surface area contributed by atoms with Crippen molar-refractivity contribution < 1.29 is 14.7 Å². The van der Waals surface area contributed by atoms with Gasteiger partial charge in [-0.2, -0.15) is 0 Å². The van der Waals surface area contributed by atoms with Crippen molar-refractivity contribution in [3.05, 3.63) is 29.3 Å². The average molecular weight is 193 g/mol. The largest absolute Gasteiger partial charge is 0.474 e. The molecule has 0 aliphatic rings. The molecule has 4 nitrogen and oxygen atoms in total. The number of carboxylic acids is 1. The summed E-state index contributed by atoms with van der Waals surface area (Å²) in [5.41, 5.74) is 2.35. The summed E-state index contributed by atoms with van der Waals surface area (Å²) in [7, 11) is 0. The minimum Gasteiger partial charge on any atom is -0.474 e. The molecule has 0 heterocycles. The molecule has 14 heavy (non-hydrogen) atoms. The standard InChI is InChI=1S/C10H11NO3/c1-6-3-4-7(2)8(5-6)11-9(12)10(13)14/h3-5H,1-2H3,(H,11,12)(H,13,14). The number of aliphatic carboxylic acids is 1. The van der Waals surface area contributed by atoms with E-state index < -0.39 is 11.9 Å². The van der Waals surface area contributed by atoms with E-state index in [1.165, 1.54) is 0 Å². The SMILES string of the molecule is Cc1ccc(C)c(NC(=O)C(=O)O)c1. The molecular formula is C10H11NO3. The number of hydrogen-bond acceptors (Lipinski definition) is 2. The maximum absolute atomic E-state index is 10.9. The first-order valence-electron chi connectivity index (χ1n) is 4.12. The van der Waals surface area contributed by atoms with Gasteiger partial charge in [-0.25, -0.2) is 4.79 Å². The topological polar surface area (TPSA) is 66.4 Å². The van der Waals surface area contributed by atoms with Crippen LogP contribution in [0.1, 0.15) is 11.1 Å². The number of aryl methyl sites for hydroxylation is 2. The van der Waals surface area contributed by atoms with E-state index in [2.05, 4.69) is 5.32 Å². The van der Waals surface area contributed by atoms with Crippen molar-refractivity contribution in [2.24, 2.45) is 0 Å². The van der Waals surface area contributed by atoms with Gasteiger partial charge < -0.3 is 10.4 Å². The molecule has 0 atom stereocenters. The second-order valence-electron chi connectivity index (χ2n) is 3.08. The van der Waals surface area contributed by atoms with E-state index in [1.807, 2.05) is 19.1 Å². The summed E-state index contributed by atoms with van der Waals surface area (Å²) in [5, 5.41) is 10.7. The second kappa shape index (κ2) is 3.91. The summed E-state index contributed by atoms with van der Waals surface area (Å²) < 4.78 is 0. The number of carboxylic acid groups (broad SMARTS) is 1. The number of carbonyl (C=O) groups excluding carboxylic acids is 1. The molecule has 4 heteroatoms. The Labute approximate surface area is 81.6 Å². The van der Waals surface area contributed by atoms with E-state index in [0.717, 1.165) is 11.1 Å². The van der Waals surface area contributed by atoms with Crippen molar-refractivity contribution in [1.82, 2.24) is 0 Å². The molecule has 0 spiro atoms. The third-order valence-corrected chi connectivity index (χ3v) is 1.84. The Morgan fingerprint density at radius 1 is 1.29 bits per heavy atom. The van der Waals surface area contributed by atoms with Gasteiger partial charge in [0, 0.05) is 5.69 Å². The van der Waals surface area contributed by atoms with Crippen LogP contribution in [0.2, 0.25) is 0 Å². The number of amides is 1. The quantitative estimate of drug-likeness (QED) is 0.661. The van der Waals surface area contributed by atoms with Crippen molar-refractivity contribution in [2.45, 2.75) is 13.8 Å². The first-order chi connectivity index (χ1) is 6.50. The monoisotopic (exact) mass is 193 g/mol. The van der Waals surface area contributed by atoms with Gasteiger partial charge in [0.2, 0.25) is 0 Å². The number of nitrogens with one attached hydrogen (secondary N) is 1. The van der Waals surface area contributed by atoms with E-state index in [1.54, 1.807) is 13.0 Å². The number of benzene rings is 1. The van der Waals surface area contributed by atoms with Gasteiger partial charge in [0.25, 0.3) is 0 Å². The molecule has 1 rings (SSSR count). The lowest BCUT2D eigenvalue weighted by molar-refractivity contribution is -0.147. The first kappa shape index (κ1) is 10.2. The molecular weight excluding hydrogens is 182 g/mol. The minimum atomic E-state index is -1.48. The van der Waals surface area contributed by atoms with Crippen LogP contribution in [0.3, 0.4) is 0 Å². The molecule has 0 saturated heterocycles. The molecule has 0 aliphatic carbocycles. The predicted molar refractivity (Wildman–Crippen MR) is 52.2 cm³/mol. The number of anilines is 1. The average Bonchev–Trinajstić information content (AvgIpc) is 2.11. The number of hydrogen-bond donors (Lipinski definition) is 2. The molecule has 1 amide bonds. The summed E-state index contributed by atoms with van der Waals surface area (Å²) in [6, 6.07) is 5.45. The Balaban J connectivity index is 2.91. The molecule has 0 bridgehead atoms. The summed E-state index contributed by atoms with van der Waals surface area (Å²) in [5.74, 6) is -2.50. The fourth-order valence-corrected chi connectivity index (χ4v) is 1.05. The fourth-order valence-electron chi connectivity index (χ4n) is 1.05. The summed E-state index contributed by atoms with van der Waals surface area (Å²) in [4.78, 5) is 21.2. The Bertz CT molecular complexity index is 385. The van der Waals surface area contributed by atoms with Crippen LogP contribution in [0.25, 0.3) is 0 Å². The molecule has 1 aromatic carbocycles. The van der Waals surface area contributed by atoms with E-state index >= 15 is 0 Å². The molecule has 0 radical (unpaired) electrons. The molecule has 0 aromatic heterocycles. The lowest BCUT2D eigenvalue weighted by Gasteiger charge is -2.06. The van der Waals surface area contributed by atoms with Crippen LogP contribution in [0, 0.1) is 13.8 Å². The molecule has 74 valence electrons. The zero-order valence-electron chi connectivity index (χ0n) is 8.00. The van der Waals surface area contributed by atoms with Crippen molar-refractivity contribution in [2.75, 3.05) is 5.32 Å². The predicted octanol–water partition coefficient (Wildman–Crippen LogP) is 1.33. The first-order valence-corrected chi connectivity index (χ1v) is 4.12. The smallest absolute Gasteiger partial charge is 0.394 e. The Morgan fingerprint density at radius 2 is 1.93 bits per heavy atom. The molecule has 0 fully saturated rings. The second-order valence-corrected chi connectivity index (χ2v) is 3.08. The van der Waals surface area contributed by atoms with Crippen LogP contribution in [0.4, 0.5) is 5.69 Å². The van der Waals surface area contributed by atoms with Crippen molar-refractivity contribution >= 4 is 17.6 Å². The van der Waals surface area contributed by atoms with Gasteiger partial charge in [-0.05, 0) is 31.0 Å². The van der Waals surface area contributed by atoms with Crippen LogP contribution < -0.4 is 5.32 Å². The lowest BCUT2D eigenvalue weighted by Crippen LogP contribution is -2.22. The molecule has 0 unspecified atom stereocenters. The highest BCUT2D eigenvalue weighted by molar-refractivity contribution is 6.36.